The third-order valence-electron chi connectivity index (χ3n) is 4.79. The second-order valence-corrected chi connectivity index (χ2v) is 7.10. The first-order valence-electron chi connectivity index (χ1n) is 9.24. The van der Waals surface area contributed by atoms with Crippen LogP contribution in [0.1, 0.15) is 35.5 Å². The van der Waals surface area contributed by atoms with E-state index in [1.165, 1.54) is 5.56 Å². The van der Waals surface area contributed by atoms with Gasteiger partial charge in [0.15, 0.2) is 0 Å². The van der Waals surface area contributed by atoms with Gasteiger partial charge in [0.25, 0.3) is 0 Å². The number of carbonyl (C=O) groups is 2. The van der Waals surface area contributed by atoms with Crippen LogP contribution in [-0.2, 0) is 11.3 Å². The van der Waals surface area contributed by atoms with Crippen LogP contribution in [0.3, 0.4) is 0 Å². The molecule has 0 aliphatic carbocycles. The van der Waals surface area contributed by atoms with Crippen LogP contribution in [0.5, 0.6) is 0 Å². The van der Waals surface area contributed by atoms with E-state index in [1.807, 2.05) is 63.2 Å². The quantitative estimate of drug-likeness (QED) is 0.905. The van der Waals surface area contributed by atoms with Crippen molar-refractivity contribution < 1.29 is 9.59 Å². The second-order valence-electron chi connectivity index (χ2n) is 7.10. The van der Waals surface area contributed by atoms with Crippen LogP contribution in [0.25, 0.3) is 0 Å². The number of pyridine rings is 1. The first-order valence-corrected chi connectivity index (χ1v) is 9.24. The molecule has 2 aromatic rings. The molecule has 1 unspecified atom stereocenters. The highest BCUT2D eigenvalue weighted by atomic mass is 16.2. The summed E-state index contributed by atoms with van der Waals surface area (Å²) >= 11 is 0. The standard InChI is InChI=1S/C21H26N4O2/c1-15-7-9-18(10-8-15)13-24-11-12-25(14-20(24)26)21(27)23-17(3)19-6-4-5-16(2)22-19/h4-10,17H,11-14H2,1-3H3,(H,23,27). The van der Waals surface area contributed by atoms with E-state index in [0.29, 0.717) is 19.6 Å². The Morgan fingerprint density at radius 1 is 1.15 bits per heavy atom. The summed E-state index contributed by atoms with van der Waals surface area (Å²) in [7, 11) is 0. The van der Waals surface area contributed by atoms with Crippen LogP contribution in [0.2, 0.25) is 0 Å². The van der Waals surface area contributed by atoms with Crippen LogP contribution in [0.15, 0.2) is 42.5 Å². The number of hydrogen-bond acceptors (Lipinski definition) is 3. The van der Waals surface area contributed by atoms with Crippen molar-refractivity contribution in [2.24, 2.45) is 0 Å². The number of rotatable bonds is 4. The third-order valence-corrected chi connectivity index (χ3v) is 4.79. The summed E-state index contributed by atoms with van der Waals surface area (Å²) in [6.45, 7) is 7.61. The van der Waals surface area contributed by atoms with Crippen LogP contribution in [0.4, 0.5) is 4.79 Å². The number of amides is 3. The van der Waals surface area contributed by atoms with Crippen molar-refractivity contribution in [3.05, 3.63) is 65.0 Å². The Bertz CT molecular complexity index is 819. The summed E-state index contributed by atoms with van der Waals surface area (Å²) in [4.78, 5) is 32.8. The fourth-order valence-electron chi connectivity index (χ4n) is 3.12. The zero-order valence-electron chi connectivity index (χ0n) is 16.1. The summed E-state index contributed by atoms with van der Waals surface area (Å²) in [5.74, 6) is -0.0293. The first-order chi connectivity index (χ1) is 12.9. The highest BCUT2D eigenvalue weighted by molar-refractivity contribution is 5.85. The molecule has 1 aliphatic heterocycles. The molecule has 6 nitrogen and oxygen atoms in total. The molecule has 1 atom stereocenters. The van der Waals surface area contributed by atoms with E-state index in [-0.39, 0.29) is 24.5 Å². The number of piperazine rings is 1. The van der Waals surface area contributed by atoms with E-state index in [4.69, 9.17) is 0 Å². The van der Waals surface area contributed by atoms with Gasteiger partial charge in [-0.25, -0.2) is 4.79 Å². The molecule has 1 aliphatic rings. The van der Waals surface area contributed by atoms with E-state index >= 15 is 0 Å². The normalized spacial score (nSPS) is 15.6. The maximum Gasteiger partial charge on any atom is 0.318 e. The maximum atomic E-state index is 12.5. The average Bonchev–Trinajstić information content (AvgIpc) is 2.65. The van der Waals surface area contributed by atoms with Gasteiger partial charge in [-0.15, -0.1) is 0 Å². The third kappa shape index (κ3) is 4.84. The number of carbonyl (C=O) groups excluding carboxylic acids is 2. The number of aryl methyl sites for hydroxylation is 2. The van der Waals surface area contributed by atoms with Crippen LogP contribution < -0.4 is 5.32 Å². The van der Waals surface area contributed by atoms with Gasteiger partial charge < -0.3 is 15.1 Å². The van der Waals surface area contributed by atoms with Gasteiger partial charge >= 0.3 is 6.03 Å². The van der Waals surface area contributed by atoms with Gasteiger partial charge in [-0.3, -0.25) is 9.78 Å². The van der Waals surface area contributed by atoms with Gasteiger partial charge in [-0.1, -0.05) is 35.9 Å². The predicted octanol–water partition coefficient (Wildman–Crippen LogP) is 2.81. The first kappa shape index (κ1) is 18.9. The van der Waals surface area contributed by atoms with Crippen molar-refractivity contribution >= 4 is 11.9 Å². The lowest BCUT2D eigenvalue weighted by molar-refractivity contribution is -0.135. The molecule has 1 saturated heterocycles. The van der Waals surface area contributed by atoms with Gasteiger partial charge in [-0.2, -0.15) is 0 Å². The summed E-state index contributed by atoms with van der Waals surface area (Å²) in [6.07, 6.45) is 0. The lowest BCUT2D eigenvalue weighted by atomic mass is 10.1. The molecule has 0 radical (unpaired) electrons. The molecule has 27 heavy (non-hydrogen) atoms. The molecule has 3 rings (SSSR count). The highest BCUT2D eigenvalue weighted by Gasteiger charge is 2.28. The molecule has 1 N–H and O–H groups in total. The molecule has 0 spiro atoms. The second kappa shape index (κ2) is 8.20. The molecule has 0 bridgehead atoms. The van der Waals surface area contributed by atoms with E-state index in [1.54, 1.807) is 9.80 Å². The number of benzene rings is 1. The van der Waals surface area contributed by atoms with Crippen LogP contribution in [-0.4, -0.2) is 46.4 Å². The van der Waals surface area contributed by atoms with Crippen molar-refractivity contribution in [2.75, 3.05) is 19.6 Å². The van der Waals surface area contributed by atoms with E-state index in [9.17, 15) is 9.59 Å². The highest BCUT2D eigenvalue weighted by Crippen LogP contribution is 2.13. The number of urea groups is 1. The summed E-state index contributed by atoms with van der Waals surface area (Å²) in [6, 6.07) is 13.5. The van der Waals surface area contributed by atoms with Crippen molar-refractivity contribution in [3.8, 4) is 0 Å². The minimum atomic E-state index is -0.228. The monoisotopic (exact) mass is 366 g/mol. The molecular weight excluding hydrogens is 340 g/mol. The molecule has 1 aromatic heterocycles. The Morgan fingerprint density at radius 3 is 2.56 bits per heavy atom. The lowest BCUT2D eigenvalue weighted by Gasteiger charge is -2.35. The maximum absolute atomic E-state index is 12.5. The van der Waals surface area contributed by atoms with E-state index in [0.717, 1.165) is 17.0 Å². The number of nitrogens with one attached hydrogen (secondary N) is 1. The summed E-state index contributed by atoms with van der Waals surface area (Å²) < 4.78 is 0. The molecule has 1 fully saturated rings. The van der Waals surface area contributed by atoms with Crippen molar-refractivity contribution in [2.45, 2.75) is 33.4 Å². The number of hydrogen-bond donors (Lipinski definition) is 1. The Labute approximate surface area is 160 Å². The van der Waals surface area contributed by atoms with Gasteiger partial charge in [0.05, 0.1) is 11.7 Å². The SMILES string of the molecule is Cc1ccc(CN2CCN(C(=O)NC(C)c3cccc(C)n3)CC2=O)cc1. The molecule has 6 heteroatoms. The van der Waals surface area contributed by atoms with Crippen LogP contribution in [0, 0.1) is 13.8 Å². The fraction of sp³-hybridized carbons (Fsp3) is 0.381. The molecular formula is C21H26N4O2. The van der Waals surface area contributed by atoms with Crippen molar-refractivity contribution in [1.29, 1.82) is 0 Å². The fourth-order valence-corrected chi connectivity index (χ4v) is 3.12. The molecule has 0 saturated carbocycles. The Hall–Kier alpha value is -2.89. The number of nitrogens with zero attached hydrogens (tertiary/aromatic N) is 3. The van der Waals surface area contributed by atoms with Crippen molar-refractivity contribution in [3.63, 3.8) is 0 Å². The smallest absolute Gasteiger partial charge is 0.318 e. The zero-order valence-corrected chi connectivity index (χ0v) is 16.1. The van der Waals surface area contributed by atoms with Gasteiger partial charge in [0.2, 0.25) is 5.91 Å². The number of aromatic nitrogens is 1. The van der Waals surface area contributed by atoms with Crippen molar-refractivity contribution in [1.82, 2.24) is 20.1 Å². The Morgan fingerprint density at radius 2 is 1.89 bits per heavy atom. The summed E-state index contributed by atoms with van der Waals surface area (Å²) in [5.41, 5.74) is 4.02. The topological polar surface area (TPSA) is 65.5 Å². The molecule has 2 heterocycles. The van der Waals surface area contributed by atoms with Crippen LogP contribution >= 0.6 is 0 Å². The Kier molecular flexibility index (Phi) is 5.74. The summed E-state index contributed by atoms with van der Waals surface area (Å²) in [5, 5.41) is 2.94. The molecule has 3 amide bonds. The van der Waals surface area contributed by atoms with Gasteiger partial charge in [-0.05, 0) is 38.5 Å². The zero-order chi connectivity index (χ0) is 19.4. The van der Waals surface area contributed by atoms with E-state index < -0.39 is 0 Å². The van der Waals surface area contributed by atoms with Gasteiger partial charge in [0, 0.05) is 25.3 Å². The van der Waals surface area contributed by atoms with E-state index in [2.05, 4.69) is 10.3 Å². The minimum Gasteiger partial charge on any atom is -0.335 e. The average molecular weight is 366 g/mol. The largest absolute Gasteiger partial charge is 0.335 e. The predicted molar refractivity (Wildman–Crippen MR) is 104 cm³/mol. The lowest BCUT2D eigenvalue weighted by Crippen LogP contribution is -2.54. The molecule has 1 aromatic carbocycles. The Balaban J connectivity index is 1.54. The minimum absolute atomic E-state index is 0.0293. The molecule has 142 valence electrons. The van der Waals surface area contributed by atoms with Gasteiger partial charge in [0.1, 0.15) is 6.54 Å².